The first-order valence-corrected chi connectivity index (χ1v) is 6.70. The Hall–Kier alpha value is -0.650. The van der Waals surface area contributed by atoms with Crippen molar-refractivity contribution in [3.63, 3.8) is 0 Å². The standard InChI is InChI=1S/C13H27N3O2/c1-10(2)8-16-5-6-18-11(9-16)7-15-12(17)13(3,4)14/h10-11H,5-9,14H2,1-4H3,(H,15,17). The van der Waals surface area contributed by atoms with Gasteiger partial charge in [0.2, 0.25) is 5.91 Å². The van der Waals surface area contributed by atoms with Crippen molar-refractivity contribution in [1.82, 2.24) is 10.2 Å². The lowest BCUT2D eigenvalue weighted by Gasteiger charge is -2.34. The van der Waals surface area contributed by atoms with Crippen LogP contribution in [0, 0.1) is 5.92 Å². The maximum absolute atomic E-state index is 11.7. The Bertz CT molecular complexity index is 274. The van der Waals surface area contributed by atoms with Crippen LogP contribution < -0.4 is 11.1 Å². The number of amides is 1. The molecule has 0 radical (unpaired) electrons. The van der Waals surface area contributed by atoms with Gasteiger partial charge in [-0.15, -0.1) is 0 Å². The zero-order valence-corrected chi connectivity index (χ0v) is 12.0. The van der Waals surface area contributed by atoms with Gasteiger partial charge in [-0.3, -0.25) is 9.69 Å². The summed E-state index contributed by atoms with van der Waals surface area (Å²) in [6.45, 7) is 12.0. The summed E-state index contributed by atoms with van der Waals surface area (Å²) in [5, 5.41) is 2.85. The van der Waals surface area contributed by atoms with Crippen molar-refractivity contribution in [2.24, 2.45) is 11.7 Å². The third kappa shape index (κ3) is 5.33. The van der Waals surface area contributed by atoms with Gasteiger partial charge in [0.05, 0.1) is 18.2 Å². The molecule has 18 heavy (non-hydrogen) atoms. The van der Waals surface area contributed by atoms with E-state index < -0.39 is 5.54 Å². The lowest BCUT2D eigenvalue weighted by molar-refractivity contribution is -0.126. The van der Waals surface area contributed by atoms with Crippen LogP contribution in [0.3, 0.4) is 0 Å². The van der Waals surface area contributed by atoms with E-state index in [9.17, 15) is 4.79 Å². The topological polar surface area (TPSA) is 67.6 Å². The molecule has 3 N–H and O–H groups in total. The van der Waals surface area contributed by atoms with Crippen molar-refractivity contribution in [1.29, 1.82) is 0 Å². The normalized spacial score (nSPS) is 22.2. The van der Waals surface area contributed by atoms with Crippen molar-refractivity contribution in [2.45, 2.75) is 39.3 Å². The van der Waals surface area contributed by atoms with Crippen LogP contribution in [0.4, 0.5) is 0 Å². The maximum atomic E-state index is 11.7. The van der Waals surface area contributed by atoms with Crippen molar-refractivity contribution in [3.05, 3.63) is 0 Å². The molecule has 1 fully saturated rings. The van der Waals surface area contributed by atoms with E-state index in [0.717, 1.165) is 26.2 Å². The van der Waals surface area contributed by atoms with Crippen molar-refractivity contribution in [2.75, 3.05) is 32.8 Å². The minimum Gasteiger partial charge on any atom is -0.374 e. The molecule has 0 aromatic carbocycles. The lowest BCUT2D eigenvalue weighted by Crippen LogP contribution is -2.53. The zero-order valence-electron chi connectivity index (χ0n) is 12.0. The number of nitrogens with one attached hydrogen (secondary N) is 1. The minimum absolute atomic E-state index is 0.0730. The third-order valence-corrected chi connectivity index (χ3v) is 2.92. The molecule has 1 rings (SSSR count). The molecule has 0 spiro atoms. The van der Waals surface area contributed by atoms with Crippen LogP contribution in [0.2, 0.25) is 0 Å². The number of nitrogens with zero attached hydrogens (tertiary/aromatic N) is 1. The number of ether oxygens (including phenoxy) is 1. The highest BCUT2D eigenvalue weighted by atomic mass is 16.5. The predicted molar refractivity (Wildman–Crippen MR) is 72.3 cm³/mol. The van der Waals surface area contributed by atoms with Crippen molar-refractivity contribution < 1.29 is 9.53 Å². The van der Waals surface area contributed by atoms with Gasteiger partial charge in [0.1, 0.15) is 0 Å². The van der Waals surface area contributed by atoms with Gasteiger partial charge in [-0.1, -0.05) is 13.8 Å². The highest BCUT2D eigenvalue weighted by molar-refractivity contribution is 5.85. The number of hydrogen-bond donors (Lipinski definition) is 2. The molecule has 1 unspecified atom stereocenters. The van der Waals surface area contributed by atoms with Gasteiger partial charge in [0.15, 0.2) is 0 Å². The highest BCUT2D eigenvalue weighted by Crippen LogP contribution is 2.07. The van der Waals surface area contributed by atoms with E-state index in [1.165, 1.54) is 0 Å². The van der Waals surface area contributed by atoms with E-state index in [4.69, 9.17) is 10.5 Å². The fraction of sp³-hybridized carbons (Fsp3) is 0.923. The van der Waals surface area contributed by atoms with Gasteiger partial charge >= 0.3 is 0 Å². The van der Waals surface area contributed by atoms with Crippen molar-refractivity contribution in [3.8, 4) is 0 Å². The molecule has 1 heterocycles. The van der Waals surface area contributed by atoms with Gasteiger partial charge in [-0.2, -0.15) is 0 Å². The number of nitrogens with two attached hydrogens (primary N) is 1. The number of morpholine rings is 1. The molecular formula is C13H27N3O2. The predicted octanol–water partition coefficient (Wildman–Crippen LogP) is 0.197. The summed E-state index contributed by atoms with van der Waals surface area (Å²) in [7, 11) is 0. The monoisotopic (exact) mass is 257 g/mol. The molecule has 0 saturated carbocycles. The molecule has 0 bridgehead atoms. The Kier molecular flexibility index (Phi) is 5.56. The van der Waals surface area contributed by atoms with E-state index in [0.29, 0.717) is 12.5 Å². The Morgan fingerprint density at radius 1 is 1.56 bits per heavy atom. The van der Waals surface area contributed by atoms with Crippen LogP contribution in [-0.4, -0.2) is 55.2 Å². The van der Waals surface area contributed by atoms with E-state index >= 15 is 0 Å². The number of carbonyl (C=O) groups is 1. The summed E-state index contributed by atoms with van der Waals surface area (Å²) in [5.41, 5.74) is 4.90. The Balaban J connectivity index is 2.32. The summed E-state index contributed by atoms with van der Waals surface area (Å²) < 4.78 is 5.66. The maximum Gasteiger partial charge on any atom is 0.239 e. The summed E-state index contributed by atoms with van der Waals surface area (Å²) in [5.74, 6) is 0.522. The van der Waals surface area contributed by atoms with Gasteiger partial charge < -0.3 is 15.8 Å². The third-order valence-electron chi connectivity index (χ3n) is 2.92. The summed E-state index contributed by atoms with van der Waals surface area (Å²) >= 11 is 0. The van der Waals surface area contributed by atoms with E-state index in [-0.39, 0.29) is 12.0 Å². The summed E-state index contributed by atoms with van der Waals surface area (Å²) in [4.78, 5) is 14.0. The second-order valence-electron chi connectivity index (χ2n) is 6.08. The largest absolute Gasteiger partial charge is 0.374 e. The average Bonchev–Trinajstić information content (AvgIpc) is 2.24. The van der Waals surface area contributed by atoms with Gasteiger partial charge in [0.25, 0.3) is 0 Å². The second-order valence-corrected chi connectivity index (χ2v) is 6.08. The molecule has 1 atom stereocenters. The fourth-order valence-corrected chi connectivity index (χ4v) is 2.02. The quantitative estimate of drug-likeness (QED) is 0.738. The molecule has 0 aromatic heterocycles. The van der Waals surface area contributed by atoms with Crippen LogP contribution in [0.15, 0.2) is 0 Å². The fourth-order valence-electron chi connectivity index (χ4n) is 2.02. The van der Waals surface area contributed by atoms with Crippen LogP contribution in [0.25, 0.3) is 0 Å². The second kappa shape index (κ2) is 6.50. The Morgan fingerprint density at radius 2 is 2.22 bits per heavy atom. The van der Waals surface area contributed by atoms with Crippen LogP contribution in [-0.2, 0) is 9.53 Å². The molecule has 106 valence electrons. The summed E-state index contributed by atoms with van der Waals surface area (Å²) in [6.07, 6.45) is 0.0730. The molecule has 1 amide bonds. The molecule has 0 aliphatic carbocycles. The average molecular weight is 257 g/mol. The van der Waals surface area contributed by atoms with E-state index in [1.54, 1.807) is 13.8 Å². The van der Waals surface area contributed by atoms with Gasteiger partial charge in [-0.05, 0) is 19.8 Å². The molecule has 0 aromatic rings. The van der Waals surface area contributed by atoms with Crippen molar-refractivity contribution >= 4 is 5.91 Å². The molecule has 5 nitrogen and oxygen atoms in total. The summed E-state index contributed by atoms with van der Waals surface area (Å²) in [6, 6.07) is 0. The molecule has 5 heteroatoms. The van der Waals surface area contributed by atoms with Gasteiger partial charge in [0, 0.05) is 26.2 Å². The number of carbonyl (C=O) groups excluding carboxylic acids is 1. The Labute approximate surface area is 110 Å². The van der Waals surface area contributed by atoms with E-state index in [1.807, 2.05) is 0 Å². The molecule has 1 saturated heterocycles. The molecule has 1 aliphatic heterocycles. The number of hydrogen-bond acceptors (Lipinski definition) is 4. The van der Waals surface area contributed by atoms with E-state index in [2.05, 4.69) is 24.1 Å². The smallest absolute Gasteiger partial charge is 0.239 e. The first kappa shape index (κ1) is 15.4. The highest BCUT2D eigenvalue weighted by Gasteiger charge is 2.25. The molecule has 1 aliphatic rings. The van der Waals surface area contributed by atoms with Crippen LogP contribution >= 0.6 is 0 Å². The lowest BCUT2D eigenvalue weighted by atomic mass is 10.1. The number of rotatable bonds is 5. The Morgan fingerprint density at radius 3 is 2.78 bits per heavy atom. The molecular weight excluding hydrogens is 230 g/mol. The van der Waals surface area contributed by atoms with Crippen LogP contribution in [0.5, 0.6) is 0 Å². The van der Waals surface area contributed by atoms with Crippen LogP contribution in [0.1, 0.15) is 27.7 Å². The first-order chi connectivity index (χ1) is 8.29. The van der Waals surface area contributed by atoms with Gasteiger partial charge in [-0.25, -0.2) is 0 Å². The zero-order chi connectivity index (χ0) is 13.8. The minimum atomic E-state index is -0.827. The first-order valence-electron chi connectivity index (χ1n) is 6.70. The SMILES string of the molecule is CC(C)CN1CCOC(CNC(=O)C(C)(C)N)C1.